The lowest BCUT2D eigenvalue weighted by Crippen LogP contribution is -2.15. The van der Waals surface area contributed by atoms with Gasteiger partial charge >= 0.3 is 0 Å². The zero-order valence-corrected chi connectivity index (χ0v) is 12.0. The lowest BCUT2D eigenvalue weighted by Gasteiger charge is -2.07. The van der Waals surface area contributed by atoms with Gasteiger partial charge < -0.3 is 21.1 Å². The molecule has 2 aromatic rings. The maximum Gasteiger partial charge on any atom is 0.150 e. The van der Waals surface area contributed by atoms with Crippen molar-refractivity contribution in [3.63, 3.8) is 0 Å². The van der Waals surface area contributed by atoms with Gasteiger partial charge in [0.15, 0.2) is 5.82 Å². The van der Waals surface area contributed by atoms with Crippen LogP contribution in [0, 0.1) is 0 Å². The molecule has 0 aliphatic carbocycles. The molecule has 1 heterocycles. The molecule has 20 heavy (non-hydrogen) atoms. The first-order valence-electron chi connectivity index (χ1n) is 6.46. The molecule has 4 N–H and O–H groups in total. The molecule has 0 unspecified atom stereocenters. The van der Waals surface area contributed by atoms with Crippen molar-refractivity contribution in [2.45, 2.75) is 19.8 Å². The number of nitrogen functional groups attached to an aromatic ring is 2. The van der Waals surface area contributed by atoms with Crippen LogP contribution in [0.1, 0.15) is 19.2 Å². The minimum absolute atomic E-state index is 0.434. The van der Waals surface area contributed by atoms with Crippen LogP contribution in [-0.2, 0) is 6.42 Å². The second-order valence-electron chi connectivity index (χ2n) is 4.48. The van der Waals surface area contributed by atoms with E-state index in [1.54, 1.807) is 20.3 Å². The minimum atomic E-state index is 0.434. The molecule has 6 heteroatoms. The summed E-state index contributed by atoms with van der Waals surface area (Å²) in [6, 6.07) is 5.51. The molecule has 108 valence electrons. The second kappa shape index (κ2) is 5.73. The Labute approximate surface area is 118 Å². The fraction of sp³-hybridized carbons (Fsp3) is 0.357. The molecule has 0 atom stereocenters. The number of aryl methyl sites for hydroxylation is 1. The number of methoxy groups -OCH3 is 2. The van der Waals surface area contributed by atoms with Gasteiger partial charge in [-0.3, -0.25) is 0 Å². The van der Waals surface area contributed by atoms with Crippen LogP contribution < -0.4 is 21.1 Å². The monoisotopic (exact) mass is 276 g/mol. The second-order valence-corrected chi connectivity index (χ2v) is 4.48. The number of aromatic nitrogens is 2. The standard InChI is InChI=1S/C14H20N4O2/c1-4-5-12-17-13(14(15)18(12)16)9-6-10(19-2)8-11(7-9)20-3/h6-8H,4-5,15-16H2,1-3H3. The van der Waals surface area contributed by atoms with E-state index in [1.807, 2.05) is 12.1 Å². The van der Waals surface area contributed by atoms with E-state index in [4.69, 9.17) is 21.1 Å². The molecule has 0 amide bonds. The molecular weight excluding hydrogens is 256 g/mol. The third-order valence-electron chi connectivity index (χ3n) is 3.12. The maximum absolute atomic E-state index is 6.04. The average molecular weight is 276 g/mol. The van der Waals surface area contributed by atoms with Crippen molar-refractivity contribution in [2.75, 3.05) is 25.8 Å². The SMILES string of the molecule is CCCc1nc(-c2cc(OC)cc(OC)c2)c(N)n1N. The van der Waals surface area contributed by atoms with E-state index in [1.165, 1.54) is 4.68 Å². The molecule has 0 radical (unpaired) electrons. The van der Waals surface area contributed by atoms with Gasteiger partial charge in [-0.05, 0) is 18.6 Å². The van der Waals surface area contributed by atoms with Gasteiger partial charge in [0.2, 0.25) is 0 Å². The van der Waals surface area contributed by atoms with Crippen molar-refractivity contribution in [3.05, 3.63) is 24.0 Å². The predicted octanol–water partition coefficient (Wildman–Crippen LogP) is 1.82. The molecule has 0 bridgehead atoms. The lowest BCUT2D eigenvalue weighted by molar-refractivity contribution is 0.394. The molecule has 0 fully saturated rings. The number of imidazole rings is 1. The summed E-state index contributed by atoms with van der Waals surface area (Å²) in [5.41, 5.74) is 7.51. The van der Waals surface area contributed by atoms with Gasteiger partial charge in [0.25, 0.3) is 0 Å². The van der Waals surface area contributed by atoms with Crippen LogP contribution in [0.4, 0.5) is 5.82 Å². The summed E-state index contributed by atoms with van der Waals surface area (Å²) in [6.07, 6.45) is 1.73. The molecule has 0 saturated heterocycles. The van der Waals surface area contributed by atoms with E-state index in [9.17, 15) is 0 Å². The van der Waals surface area contributed by atoms with Crippen molar-refractivity contribution in [1.82, 2.24) is 9.66 Å². The number of rotatable bonds is 5. The summed E-state index contributed by atoms with van der Waals surface area (Å²) in [6.45, 7) is 2.07. The Balaban J connectivity index is 2.53. The third kappa shape index (κ3) is 2.49. The topological polar surface area (TPSA) is 88.3 Å². The molecule has 1 aromatic heterocycles. The fourth-order valence-corrected chi connectivity index (χ4v) is 2.05. The minimum Gasteiger partial charge on any atom is -0.497 e. The van der Waals surface area contributed by atoms with Crippen LogP contribution in [0.2, 0.25) is 0 Å². The number of nitrogens with two attached hydrogens (primary N) is 2. The summed E-state index contributed by atoms with van der Waals surface area (Å²) >= 11 is 0. The van der Waals surface area contributed by atoms with Crippen molar-refractivity contribution >= 4 is 5.82 Å². The normalized spacial score (nSPS) is 10.6. The summed E-state index contributed by atoms with van der Waals surface area (Å²) in [5.74, 6) is 8.50. The maximum atomic E-state index is 6.04. The number of hydrogen-bond donors (Lipinski definition) is 2. The van der Waals surface area contributed by atoms with E-state index in [2.05, 4.69) is 11.9 Å². The Hall–Kier alpha value is -2.37. The summed E-state index contributed by atoms with van der Waals surface area (Å²) in [5, 5.41) is 0. The number of benzene rings is 1. The Morgan fingerprint density at radius 3 is 2.25 bits per heavy atom. The molecule has 0 spiro atoms. The van der Waals surface area contributed by atoms with Crippen LogP contribution in [-0.4, -0.2) is 23.9 Å². The third-order valence-corrected chi connectivity index (χ3v) is 3.12. The lowest BCUT2D eigenvalue weighted by atomic mass is 10.1. The van der Waals surface area contributed by atoms with E-state index < -0.39 is 0 Å². The van der Waals surface area contributed by atoms with Crippen molar-refractivity contribution in [2.24, 2.45) is 0 Å². The van der Waals surface area contributed by atoms with Crippen LogP contribution in [0.15, 0.2) is 18.2 Å². The largest absolute Gasteiger partial charge is 0.497 e. The Bertz CT molecular complexity index is 585. The highest BCUT2D eigenvalue weighted by molar-refractivity contribution is 5.73. The van der Waals surface area contributed by atoms with E-state index >= 15 is 0 Å². The van der Waals surface area contributed by atoms with Crippen LogP contribution in [0.5, 0.6) is 11.5 Å². The molecule has 0 saturated carbocycles. The number of ether oxygens (including phenoxy) is 2. The number of anilines is 1. The Kier molecular flexibility index (Phi) is 4.02. The van der Waals surface area contributed by atoms with Gasteiger partial charge in [-0.25, -0.2) is 9.66 Å². The first-order chi connectivity index (χ1) is 9.60. The van der Waals surface area contributed by atoms with Crippen molar-refractivity contribution in [1.29, 1.82) is 0 Å². The highest BCUT2D eigenvalue weighted by atomic mass is 16.5. The zero-order chi connectivity index (χ0) is 14.7. The summed E-state index contributed by atoms with van der Waals surface area (Å²) in [7, 11) is 3.21. The van der Waals surface area contributed by atoms with Crippen molar-refractivity contribution < 1.29 is 9.47 Å². The van der Waals surface area contributed by atoms with Crippen LogP contribution in [0.25, 0.3) is 11.3 Å². The number of nitrogens with zero attached hydrogens (tertiary/aromatic N) is 2. The van der Waals surface area contributed by atoms with E-state index in [-0.39, 0.29) is 0 Å². The van der Waals surface area contributed by atoms with Gasteiger partial charge in [0, 0.05) is 18.1 Å². The van der Waals surface area contributed by atoms with Crippen molar-refractivity contribution in [3.8, 4) is 22.8 Å². The molecule has 2 rings (SSSR count). The van der Waals surface area contributed by atoms with Gasteiger partial charge in [0.05, 0.1) is 14.2 Å². The highest BCUT2D eigenvalue weighted by Gasteiger charge is 2.15. The smallest absolute Gasteiger partial charge is 0.150 e. The predicted molar refractivity (Wildman–Crippen MR) is 79.3 cm³/mol. The van der Waals surface area contributed by atoms with E-state index in [0.29, 0.717) is 23.0 Å². The van der Waals surface area contributed by atoms with Crippen LogP contribution in [0.3, 0.4) is 0 Å². The first kappa shape index (κ1) is 14.0. The Morgan fingerprint density at radius 2 is 1.75 bits per heavy atom. The molecule has 1 aromatic carbocycles. The highest BCUT2D eigenvalue weighted by Crippen LogP contribution is 2.32. The average Bonchev–Trinajstić information content (AvgIpc) is 2.75. The molecule has 6 nitrogen and oxygen atoms in total. The zero-order valence-electron chi connectivity index (χ0n) is 12.0. The first-order valence-corrected chi connectivity index (χ1v) is 6.46. The summed E-state index contributed by atoms with van der Waals surface area (Å²) in [4.78, 5) is 4.52. The Morgan fingerprint density at radius 1 is 1.15 bits per heavy atom. The fourth-order valence-electron chi connectivity index (χ4n) is 2.05. The molecule has 0 aliphatic heterocycles. The summed E-state index contributed by atoms with van der Waals surface area (Å²) < 4.78 is 11.9. The quantitative estimate of drug-likeness (QED) is 0.813. The van der Waals surface area contributed by atoms with Gasteiger partial charge in [-0.2, -0.15) is 0 Å². The number of hydrogen-bond acceptors (Lipinski definition) is 5. The van der Waals surface area contributed by atoms with Gasteiger partial charge in [-0.1, -0.05) is 6.92 Å². The molecular formula is C14H20N4O2. The van der Waals surface area contributed by atoms with Crippen LogP contribution >= 0.6 is 0 Å². The van der Waals surface area contributed by atoms with Gasteiger partial charge in [0.1, 0.15) is 23.0 Å². The van der Waals surface area contributed by atoms with Gasteiger partial charge in [-0.15, -0.1) is 0 Å². The van der Waals surface area contributed by atoms with E-state index in [0.717, 1.165) is 24.2 Å². The molecule has 0 aliphatic rings.